The van der Waals surface area contributed by atoms with E-state index in [4.69, 9.17) is 21.0 Å². The first kappa shape index (κ1) is 12.0. The zero-order valence-corrected chi connectivity index (χ0v) is 9.19. The molecule has 0 amide bonds. The van der Waals surface area contributed by atoms with E-state index in [9.17, 15) is 0 Å². The minimum Gasteiger partial charge on any atom is -0.196 e. The molecule has 1 rings (SSSR count). The minimum absolute atomic E-state index is 0.406. The molecule has 0 bridgehead atoms. The molecule has 0 aromatic carbocycles. The molecule has 0 radical (unpaired) electrons. The zero-order chi connectivity index (χ0) is 12.2. The van der Waals surface area contributed by atoms with Crippen LogP contribution in [0.25, 0.3) is 0 Å². The van der Waals surface area contributed by atoms with Gasteiger partial charge in [0.25, 0.3) is 0 Å². The van der Waals surface area contributed by atoms with Crippen molar-refractivity contribution in [2.24, 2.45) is 16.7 Å². The van der Waals surface area contributed by atoms with E-state index in [1.54, 1.807) is 0 Å². The molecule has 1 aliphatic rings. The van der Waals surface area contributed by atoms with Crippen LogP contribution in [0.5, 0.6) is 0 Å². The van der Waals surface area contributed by atoms with Gasteiger partial charge >= 0.3 is 0 Å². The van der Waals surface area contributed by atoms with Crippen molar-refractivity contribution < 1.29 is 0 Å². The van der Waals surface area contributed by atoms with E-state index < -0.39 is 16.7 Å². The van der Waals surface area contributed by atoms with Gasteiger partial charge in [-0.2, -0.15) is 21.0 Å². The van der Waals surface area contributed by atoms with Crippen molar-refractivity contribution in [2.45, 2.75) is 32.6 Å². The monoisotopic (exact) mass is 212 g/mol. The molecule has 0 heterocycles. The third kappa shape index (κ3) is 1.25. The highest BCUT2D eigenvalue weighted by Gasteiger charge is 2.80. The van der Waals surface area contributed by atoms with Crippen LogP contribution >= 0.6 is 0 Å². The third-order valence-electron chi connectivity index (χ3n) is 3.39. The highest BCUT2D eigenvalue weighted by Crippen LogP contribution is 2.69. The molecule has 0 aromatic rings. The van der Waals surface area contributed by atoms with Crippen molar-refractivity contribution in [3.63, 3.8) is 0 Å². The van der Waals surface area contributed by atoms with E-state index in [1.165, 1.54) is 0 Å². The number of hydrogen-bond acceptors (Lipinski definition) is 4. The van der Waals surface area contributed by atoms with Crippen molar-refractivity contribution in [3.8, 4) is 24.3 Å². The molecule has 0 saturated heterocycles. The van der Waals surface area contributed by atoms with Gasteiger partial charge in [-0.05, 0) is 6.42 Å². The molecule has 4 nitrogen and oxygen atoms in total. The van der Waals surface area contributed by atoms with Crippen molar-refractivity contribution in [1.82, 2.24) is 0 Å². The maximum atomic E-state index is 9.01. The second kappa shape index (κ2) is 4.22. The summed E-state index contributed by atoms with van der Waals surface area (Å²) in [6, 6.07) is 7.46. The second-order valence-electron chi connectivity index (χ2n) is 4.11. The largest absolute Gasteiger partial charge is 0.196 e. The van der Waals surface area contributed by atoms with Crippen LogP contribution in [0.15, 0.2) is 0 Å². The maximum Gasteiger partial charge on any atom is 0.181 e. The van der Waals surface area contributed by atoms with Gasteiger partial charge in [0.2, 0.25) is 0 Å². The Morgan fingerprint density at radius 2 is 1.31 bits per heavy atom. The highest BCUT2D eigenvalue weighted by atomic mass is 14.8. The first-order chi connectivity index (χ1) is 7.69. The summed E-state index contributed by atoms with van der Waals surface area (Å²) in [7, 11) is 0. The van der Waals surface area contributed by atoms with Gasteiger partial charge in [0.15, 0.2) is 10.8 Å². The van der Waals surface area contributed by atoms with Gasteiger partial charge in [0.05, 0.1) is 24.3 Å². The molecule has 0 unspecified atom stereocenters. The molecule has 1 fully saturated rings. The summed E-state index contributed by atoms with van der Waals surface area (Å²) in [6.45, 7) is 2.05. The van der Waals surface area contributed by atoms with E-state index in [0.717, 1.165) is 19.3 Å². The lowest BCUT2D eigenvalue weighted by Gasteiger charge is -1.96. The third-order valence-corrected chi connectivity index (χ3v) is 3.39. The molecule has 80 valence electrons. The quantitative estimate of drug-likeness (QED) is 0.667. The van der Waals surface area contributed by atoms with Crippen LogP contribution in [-0.2, 0) is 0 Å². The predicted octanol–water partition coefficient (Wildman–Crippen LogP) is 2.26. The van der Waals surface area contributed by atoms with E-state index in [1.807, 2.05) is 24.3 Å². The lowest BCUT2D eigenvalue weighted by atomic mass is 9.98. The van der Waals surface area contributed by atoms with Crippen LogP contribution in [0.2, 0.25) is 0 Å². The second-order valence-corrected chi connectivity index (χ2v) is 4.11. The fraction of sp³-hybridized carbons (Fsp3) is 0.667. The van der Waals surface area contributed by atoms with E-state index >= 15 is 0 Å². The average Bonchev–Trinajstić information content (AvgIpc) is 2.91. The van der Waals surface area contributed by atoms with Gasteiger partial charge in [0, 0.05) is 5.92 Å². The van der Waals surface area contributed by atoms with Crippen LogP contribution in [0.4, 0.5) is 0 Å². The smallest absolute Gasteiger partial charge is 0.181 e. The summed E-state index contributed by atoms with van der Waals surface area (Å²) in [5.41, 5.74) is -2.80. The highest BCUT2D eigenvalue weighted by molar-refractivity contribution is 5.50. The molecular weight excluding hydrogens is 200 g/mol. The summed E-state index contributed by atoms with van der Waals surface area (Å²) < 4.78 is 0. The Morgan fingerprint density at radius 1 is 0.875 bits per heavy atom. The number of rotatable bonds is 4. The van der Waals surface area contributed by atoms with Crippen LogP contribution in [0, 0.1) is 62.1 Å². The van der Waals surface area contributed by atoms with Gasteiger partial charge in [-0.25, -0.2) is 0 Å². The lowest BCUT2D eigenvalue weighted by molar-refractivity contribution is 0.569. The van der Waals surface area contributed by atoms with Crippen LogP contribution in [0.3, 0.4) is 0 Å². The van der Waals surface area contributed by atoms with E-state index in [2.05, 4.69) is 6.92 Å². The fourth-order valence-corrected chi connectivity index (χ4v) is 2.30. The maximum absolute atomic E-state index is 9.01. The van der Waals surface area contributed by atoms with Crippen LogP contribution < -0.4 is 0 Å². The fourth-order valence-electron chi connectivity index (χ4n) is 2.30. The topological polar surface area (TPSA) is 95.2 Å². The number of nitriles is 4. The van der Waals surface area contributed by atoms with Gasteiger partial charge in [-0.3, -0.25) is 0 Å². The van der Waals surface area contributed by atoms with E-state index in [-0.39, 0.29) is 0 Å². The Hall–Kier alpha value is -2.04. The summed E-state index contributed by atoms with van der Waals surface area (Å²) in [5.74, 6) is -0.406. The number of unbranched alkanes of at least 4 members (excludes halogenated alkanes) is 2. The summed E-state index contributed by atoms with van der Waals surface area (Å²) in [5, 5.41) is 36.0. The van der Waals surface area contributed by atoms with Gasteiger partial charge in [-0.1, -0.05) is 26.2 Å². The van der Waals surface area contributed by atoms with Crippen LogP contribution in [0.1, 0.15) is 32.6 Å². The van der Waals surface area contributed by atoms with Gasteiger partial charge < -0.3 is 0 Å². The molecule has 0 spiro atoms. The first-order valence-corrected chi connectivity index (χ1v) is 5.34. The molecule has 4 heteroatoms. The number of hydrogen-bond donors (Lipinski definition) is 0. The molecular formula is C12H12N4. The lowest BCUT2D eigenvalue weighted by Crippen LogP contribution is -2.05. The summed E-state index contributed by atoms with van der Waals surface area (Å²) >= 11 is 0. The Labute approximate surface area is 95.3 Å². The van der Waals surface area contributed by atoms with Crippen molar-refractivity contribution in [1.29, 1.82) is 21.0 Å². The zero-order valence-electron chi connectivity index (χ0n) is 9.19. The average molecular weight is 212 g/mol. The summed E-state index contributed by atoms with van der Waals surface area (Å²) in [6.07, 6.45) is 3.49. The standard InChI is InChI=1S/C12H12N4/c1-2-3-4-5-10-11(6-13,7-14)12(10,8-15)9-16/h10H,2-5H2,1H3. The Kier molecular flexibility index (Phi) is 3.17. The minimum atomic E-state index is -1.40. The molecule has 0 atom stereocenters. The summed E-state index contributed by atoms with van der Waals surface area (Å²) in [4.78, 5) is 0. The molecule has 0 N–H and O–H groups in total. The van der Waals surface area contributed by atoms with Crippen LogP contribution in [-0.4, -0.2) is 0 Å². The van der Waals surface area contributed by atoms with Gasteiger partial charge in [0.1, 0.15) is 0 Å². The number of nitrogens with zero attached hydrogens (tertiary/aromatic N) is 4. The Balaban J connectivity index is 2.89. The Morgan fingerprint density at radius 3 is 1.62 bits per heavy atom. The van der Waals surface area contributed by atoms with Gasteiger partial charge in [-0.15, -0.1) is 0 Å². The Bertz CT molecular complexity index is 372. The molecule has 1 saturated carbocycles. The van der Waals surface area contributed by atoms with Crippen molar-refractivity contribution in [3.05, 3.63) is 0 Å². The SMILES string of the molecule is CCCCCC1C(C#N)(C#N)C1(C#N)C#N. The van der Waals surface area contributed by atoms with Crippen molar-refractivity contribution in [2.75, 3.05) is 0 Å². The molecule has 16 heavy (non-hydrogen) atoms. The van der Waals surface area contributed by atoms with Crippen molar-refractivity contribution >= 4 is 0 Å². The predicted molar refractivity (Wildman–Crippen MR) is 55.0 cm³/mol. The normalized spacial score (nSPS) is 19.8. The molecule has 1 aliphatic carbocycles. The van der Waals surface area contributed by atoms with E-state index in [0.29, 0.717) is 6.42 Å². The first-order valence-electron chi connectivity index (χ1n) is 5.34. The molecule has 0 aliphatic heterocycles. The molecule has 0 aromatic heterocycles.